The van der Waals surface area contributed by atoms with Crippen LogP contribution in [-0.4, -0.2) is 70.0 Å². The van der Waals surface area contributed by atoms with Crippen molar-refractivity contribution in [3.05, 3.63) is 84.2 Å². The van der Waals surface area contributed by atoms with Crippen LogP contribution in [0, 0.1) is 5.41 Å². The first-order chi connectivity index (χ1) is 20.9. The molecule has 1 aliphatic rings. The number of aromatic nitrogens is 3. The fraction of sp³-hybridized carbons (Fsp3) is 0.258. The minimum Gasteiger partial charge on any atom is -0.395 e. The quantitative estimate of drug-likeness (QED) is 0.229. The number of aliphatic imine (C=N–C) groups is 1. The minimum atomic E-state index is -4.43. The van der Waals surface area contributed by atoms with Gasteiger partial charge in [-0.05, 0) is 73.7 Å². The van der Waals surface area contributed by atoms with Crippen LogP contribution in [0.3, 0.4) is 0 Å². The molecular formula is C31H33N7O5S. The van der Waals surface area contributed by atoms with Gasteiger partial charge >= 0.3 is 0 Å². The molecule has 0 spiro atoms. The monoisotopic (exact) mass is 615 g/mol. The summed E-state index contributed by atoms with van der Waals surface area (Å²) in [5.41, 5.74) is 4.05. The molecule has 3 N–H and O–H groups in total. The van der Waals surface area contributed by atoms with Crippen LogP contribution in [0.4, 0.5) is 17.1 Å². The van der Waals surface area contributed by atoms with Gasteiger partial charge in [0.2, 0.25) is 5.82 Å². The van der Waals surface area contributed by atoms with E-state index in [1.165, 1.54) is 23.0 Å². The van der Waals surface area contributed by atoms with Gasteiger partial charge in [0, 0.05) is 41.0 Å². The number of hydrogen-bond acceptors (Lipinski definition) is 9. The van der Waals surface area contributed by atoms with Gasteiger partial charge in [-0.2, -0.15) is 13.5 Å². The maximum atomic E-state index is 12.7. The van der Waals surface area contributed by atoms with E-state index in [2.05, 4.69) is 36.1 Å². The zero-order valence-electron chi connectivity index (χ0n) is 24.8. The molecule has 5 rings (SSSR count). The second-order valence-electron chi connectivity index (χ2n) is 11.2. The van der Waals surface area contributed by atoms with Gasteiger partial charge in [0.15, 0.2) is 5.82 Å². The highest BCUT2D eigenvalue weighted by molar-refractivity contribution is 7.85. The second kappa shape index (κ2) is 12.1. The van der Waals surface area contributed by atoms with E-state index in [1.54, 1.807) is 24.3 Å². The number of hydrogen-bond donors (Lipinski definition) is 3. The molecule has 0 unspecified atom stereocenters. The number of likely N-dealkylation sites (N-methyl/N-ethyl adjacent to an activating group) is 1. The van der Waals surface area contributed by atoms with Gasteiger partial charge in [0.25, 0.3) is 16.0 Å². The predicted molar refractivity (Wildman–Crippen MR) is 170 cm³/mol. The van der Waals surface area contributed by atoms with E-state index in [0.717, 1.165) is 29.7 Å². The first-order valence-electron chi connectivity index (χ1n) is 14.0. The summed E-state index contributed by atoms with van der Waals surface area (Å²) in [6.45, 7) is 9.60. The van der Waals surface area contributed by atoms with Crippen LogP contribution in [0.15, 0.2) is 87.8 Å². The summed E-state index contributed by atoms with van der Waals surface area (Å²) in [7, 11) is -4.43. The largest absolute Gasteiger partial charge is 0.395 e. The second-order valence-corrected chi connectivity index (χ2v) is 12.6. The molecule has 3 aromatic carbocycles. The smallest absolute Gasteiger partial charge is 0.294 e. The number of rotatable bonds is 9. The molecule has 0 atom stereocenters. The van der Waals surface area contributed by atoms with E-state index in [4.69, 9.17) is 15.1 Å². The fourth-order valence-electron chi connectivity index (χ4n) is 4.66. The van der Waals surface area contributed by atoms with E-state index >= 15 is 0 Å². The lowest BCUT2D eigenvalue weighted by atomic mass is 9.87. The molecule has 4 aromatic rings. The Morgan fingerprint density at radius 1 is 1.05 bits per heavy atom. The Balaban J connectivity index is 1.39. The maximum Gasteiger partial charge on any atom is 0.294 e. The molecule has 0 saturated carbocycles. The molecule has 1 aliphatic heterocycles. The first kappa shape index (κ1) is 30.7. The molecular weight excluding hydrogens is 582 g/mol. The Morgan fingerprint density at radius 2 is 1.75 bits per heavy atom. The Hall–Kier alpha value is -4.72. The molecule has 1 amide bonds. The van der Waals surface area contributed by atoms with Gasteiger partial charge in [-0.15, -0.1) is 9.89 Å². The number of benzene rings is 3. The Bertz CT molecular complexity index is 1860. The summed E-state index contributed by atoms with van der Waals surface area (Å²) in [5, 5.41) is 21.4. The SMILES string of the molecule is CCN(CCO)c1ccc(/N=C2/C(C(C)(C)C)=Nn3nc(-c4ccc(NC(=O)c5cccc(S(=O)(=O)O)c5)cc4)nc32)cc1. The average molecular weight is 616 g/mol. The number of fused-ring (bicyclic) bond motifs is 1. The summed E-state index contributed by atoms with van der Waals surface area (Å²) in [6, 6.07) is 19.8. The van der Waals surface area contributed by atoms with Crippen LogP contribution >= 0.6 is 0 Å². The molecule has 0 aliphatic carbocycles. The average Bonchev–Trinajstić information content (AvgIpc) is 3.56. The molecule has 1 aromatic heterocycles. The Kier molecular flexibility index (Phi) is 8.46. The van der Waals surface area contributed by atoms with Crippen LogP contribution < -0.4 is 10.2 Å². The number of carbonyl (C=O) groups is 1. The number of carbonyl (C=O) groups excluding carboxylic acids is 1. The van der Waals surface area contributed by atoms with Crippen LogP contribution in [-0.2, 0) is 10.1 Å². The predicted octanol–water partition coefficient (Wildman–Crippen LogP) is 4.65. The summed E-state index contributed by atoms with van der Waals surface area (Å²) in [5.74, 6) is 0.415. The lowest BCUT2D eigenvalue weighted by molar-refractivity contribution is 0.102. The number of aliphatic hydroxyl groups excluding tert-OH is 1. The molecule has 0 radical (unpaired) electrons. The van der Waals surface area contributed by atoms with Crippen molar-refractivity contribution < 1.29 is 22.9 Å². The number of nitrogens with zero attached hydrogens (tertiary/aromatic N) is 6. The molecule has 0 saturated heterocycles. The van der Waals surface area contributed by atoms with E-state index in [9.17, 15) is 22.9 Å². The minimum absolute atomic E-state index is 0.0762. The van der Waals surface area contributed by atoms with Crippen LogP contribution in [0.5, 0.6) is 0 Å². The molecule has 0 fully saturated rings. The molecule has 228 valence electrons. The first-order valence-corrected chi connectivity index (χ1v) is 15.4. The highest BCUT2D eigenvalue weighted by atomic mass is 32.2. The van der Waals surface area contributed by atoms with E-state index in [1.807, 2.05) is 31.2 Å². The fourth-order valence-corrected chi connectivity index (χ4v) is 5.19. The molecule has 44 heavy (non-hydrogen) atoms. The molecule has 0 bridgehead atoms. The maximum absolute atomic E-state index is 12.7. The van der Waals surface area contributed by atoms with Crippen LogP contribution in [0.1, 0.15) is 43.9 Å². The molecule has 13 heteroatoms. The van der Waals surface area contributed by atoms with Gasteiger partial charge in [-0.3, -0.25) is 9.35 Å². The van der Waals surface area contributed by atoms with Crippen LogP contribution in [0.25, 0.3) is 11.4 Å². The summed E-state index contributed by atoms with van der Waals surface area (Å²) in [6.07, 6.45) is 0. The standard InChI is InChI=1S/C31H33N7O5S/c1-5-37(17-18-39)24-15-13-22(14-16-24)32-26-27(31(2,3)4)35-38-29(26)34-28(36-38)20-9-11-23(12-10-20)33-30(40)21-7-6-8-25(19-21)44(41,42)43/h6-16,19,39H,5,17-18H2,1-4H3,(H,33,40)(H,41,42,43)/b32-26-. The summed E-state index contributed by atoms with van der Waals surface area (Å²) < 4.78 is 32.1. The van der Waals surface area contributed by atoms with Crippen molar-refractivity contribution in [1.29, 1.82) is 0 Å². The summed E-state index contributed by atoms with van der Waals surface area (Å²) >= 11 is 0. The zero-order chi connectivity index (χ0) is 31.6. The van der Waals surface area contributed by atoms with E-state index in [-0.39, 0.29) is 22.5 Å². The van der Waals surface area contributed by atoms with Gasteiger partial charge in [-0.25, -0.2) is 9.98 Å². The summed E-state index contributed by atoms with van der Waals surface area (Å²) in [4.78, 5) is 25.6. The highest BCUT2D eigenvalue weighted by Gasteiger charge is 2.35. The van der Waals surface area contributed by atoms with Crippen molar-refractivity contribution in [2.24, 2.45) is 15.5 Å². The third kappa shape index (κ3) is 6.59. The van der Waals surface area contributed by atoms with Crippen molar-refractivity contribution in [3.8, 4) is 11.4 Å². The lowest BCUT2D eigenvalue weighted by Crippen LogP contribution is -2.27. The molecule has 2 heterocycles. The Labute approximate surface area is 255 Å². The van der Waals surface area contributed by atoms with E-state index in [0.29, 0.717) is 35.2 Å². The van der Waals surface area contributed by atoms with Crippen molar-refractivity contribution in [2.45, 2.75) is 32.6 Å². The highest BCUT2D eigenvalue weighted by Crippen LogP contribution is 2.29. The van der Waals surface area contributed by atoms with Gasteiger partial charge in [-0.1, -0.05) is 26.8 Å². The topological polar surface area (TPSA) is 162 Å². The third-order valence-corrected chi connectivity index (χ3v) is 7.78. The van der Waals surface area contributed by atoms with Gasteiger partial charge in [0.05, 0.1) is 22.9 Å². The number of amides is 1. The Morgan fingerprint density at radius 3 is 2.36 bits per heavy atom. The van der Waals surface area contributed by atoms with E-state index < -0.39 is 16.0 Å². The van der Waals surface area contributed by atoms with Crippen molar-refractivity contribution in [1.82, 2.24) is 14.9 Å². The third-order valence-electron chi connectivity index (χ3n) is 6.93. The van der Waals surface area contributed by atoms with Gasteiger partial charge in [0.1, 0.15) is 5.71 Å². The van der Waals surface area contributed by atoms with Crippen LogP contribution in [0.2, 0.25) is 0 Å². The lowest BCUT2D eigenvalue weighted by Gasteiger charge is -2.22. The van der Waals surface area contributed by atoms with Gasteiger partial charge < -0.3 is 15.3 Å². The van der Waals surface area contributed by atoms with Crippen molar-refractivity contribution in [2.75, 3.05) is 29.9 Å². The number of aliphatic hydroxyl groups is 1. The van der Waals surface area contributed by atoms with Crippen molar-refractivity contribution in [3.63, 3.8) is 0 Å². The number of anilines is 2. The number of nitrogens with one attached hydrogen (secondary N) is 1. The molecule has 12 nitrogen and oxygen atoms in total. The zero-order valence-corrected chi connectivity index (χ0v) is 25.6. The normalized spacial score (nSPS) is 14.0. The van der Waals surface area contributed by atoms with Crippen molar-refractivity contribution >= 4 is 44.5 Å².